The van der Waals surface area contributed by atoms with Crippen LogP contribution in [0.4, 0.5) is 0 Å². The van der Waals surface area contributed by atoms with E-state index in [2.05, 4.69) is 36.4 Å². The average Bonchev–Trinajstić information content (AvgIpc) is 3.41. The van der Waals surface area contributed by atoms with Gasteiger partial charge in [0.05, 0.1) is 11.1 Å². The highest BCUT2D eigenvalue weighted by Gasteiger charge is 2.52. The minimum Gasteiger partial charge on any atom is -0.481 e. The minimum absolute atomic E-state index is 0.0651. The van der Waals surface area contributed by atoms with Crippen LogP contribution < -0.4 is 10.6 Å². The van der Waals surface area contributed by atoms with Gasteiger partial charge in [-0.25, -0.2) is 4.98 Å². The number of rotatable bonds is 6. The van der Waals surface area contributed by atoms with Crippen molar-refractivity contribution < 1.29 is 19.5 Å². The van der Waals surface area contributed by atoms with Crippen LogP contribution in [0.25, 0.3) is 11.3 Å². The minimum atomic E-state index is -1.07. The largest absolute Gasteiger partial charge is 0.481 e. The van der Waals surface area contributed by atoms with Gasteiger partial charge in [-0.1, -0.05) is 23.7 Å². The topological polar surface area (TPSA) is 112 Å². The summed E-state index contributed by atoms with van der Waals surface area (Å²) in [7, 11) is 0. The zero-order valence-electron chi connectivity index (χ0n) is 21.0. The van der Waals surface area contributed by atoms with Gasteiger partial charge in [0.25, 0.3) is 5.91 Å². The highest BCUT2D eigenvalue weighted by Crippen LogP contribution is 2.41. The van der Waals surface area contributed by atoms with E-state index >= 15 is 0 Å². The van der Waals surface area contributed by atoms with Gasteiger partial charge >= 0.3 is 5.97 Å². The lowest BCUT2D eigenvalue weighted by Gasteiger charge is -2.47. The molecule has 3 N–H and O–H groups in total. The van der Waals surface area contributed by atoms with Gasteiger partial charge in [0.1, 0.15) is 6.04 Å². The van der Waals surface area contributed by atoms with Crippen LogP contribution >= 0.6 is 22.9 Å². The van der Waals surface area contributed by atoms with Crippen molar-refractivity contribution in [1.29, 1.82) is 0 Å². The molecule has 0 spiro atoms. The summed E-state index contributed by atoms with van der Waals surface area (Å²) in [6, 6.07) is 6.15. The predicted octanol–water partition coefficient (Wildman–Crippen LogP) is 4.19. The first kappa shape index (κ1) is 26.6. The molecule has 0 radical (unpaired) electrons. The van der Waals surface area contributed by atoms with Crippen LogP contribution in [0.2, 0.25) is 5.02 Å². The van der Waals surface area contributed by atoms with E-state index in [1.807, 2.05) is 12.1 Å². The lowest BCUT2D eigenvalue weighted by atomic mass is 9.68. The fourth-order valence-electron chi connectivity index (χ4n) is 5.39. The third kappa shape index (κ3) is 5.58. The first-order chi connectivity index (χ1) is 16.9. The Morgan fingerprint density at radius 3 is 2.53 bits per heavy atom. The van der Waals surface area contributed by atoms with Crippen molar-refractivity contribution in [3.8, 4) is 11.3 Å². The van der Waals surface area contributed by atoms with Crippen molar-refractivity contribution in [2.75, 3.05) is 6.54 Å². The fourth-order valence-corrected chi connectivity index (χ4v) is 6.24. The van der Waals surface area contributed by atoms with Gasteiger partial charge in [-0.3, -0.25) is 14.4 Å². The summed E-state index contributed by atoms with van der Waals surface area (Å²) in [5.41, 5.74) is 0.318. The number of hydrogen-bond acceptors (Lipinski definition) is 6. The summed E-state index contributed by atoms with van der Waals surface area (Å²) in [4.78, 5) is 44.7. The van der Waals surface area contributed by atoms with E-state index in [1.165, 1.54) is 11.3 Å². The van der Waals surface area contributed by atoms with Crippen LogP contribution in [0.3, 0.4) is 0 Å². The second-order valence-electron chi connectivity index (χ2n) is 11.0. The Bertz CT molecular complexity index is 1150. The van der Waals surface area contributed by atoms with Crippen molar-refractivity contribution in [3.63, 3.8) is 0 Å². The predicted molar refractivity (Wildman–Crippen MR) is 140 cm³/mol. The smallest absolute Gasteiger partial charge is 0.311 e. The molecular weight excluding hydrogens is 500 g/mol. The monoisotopic (exact) mass is 532 g/mol. The molecule has 36 heavy (non-hydrogen) atoms. The fraction of sp³-hybridized carbons (Fsp3) is 0.538. The van der Waals surface area contributed by atoms with Gasteiger partial charge in [-0.15, -0.1) is 11.3 Å². The first-order valence-corrected chi connectivity index (χ1v) is 13.5. The molecule has 1 aromatic heterocycles. The molecule has 2 amide bonds. The van der Waals surface area contributed by atoms with E-state index in [0.29, 0.717) is 36.5 Å². The number of nitrogens with zero attached hydrogens (tertiary/aromatic N) is 2. The summed E-state index contributed by atoms with van der Waals surface area (Å²) in [6.45, 7) is 8.35. The Labute approximate surface area is 220 Å². The number of carboxylic acid groups (broad SMARTS) is 1. The third-order valence-electron chi connectivity index (χ3n) is 7.08. The van der Waals surface area contributed by atoms with Crippen LogP contribution in [0, 0.1) is 5.41 Å². The molecule has 10 heteroatoms. The zero-order chi connectivity index (χ0) is 26.3. The van der Waals surface area contributed by atoms with Gasteiger partial charge < -0.3 is 20.6 Å². The standard InChI is InChI=1S/C26H33ClN4O4S/c1-25(2,3)30-17-9-10-20(26(4,13-17)24(34)35)31-12-11-18(23(31)33)28-21(32)22-29-19(14-36-22)15-5-7-16(27)8-6-15/h5-8,14,17-18,20,30H,9-13H2,1-4H3,(H,28,32)(H,34,35)/t17-,18?,20+,26-/m1/s1. The van der Waals surface area contributed by atoms with Crippen LogP contribution in [-0.2, 0) is 9.59 Å². The molecule has 1 aliphatic heterocycles. The molecule has 1 saturated carbocycles. The normalized spacial score (nSPS) is 26.8. The number of carboxylic acids is 1. The number of aromatic nitrogens is 1. The summed E-state index contributed by atoms with van der Waals surface area (Å²) in [5.74, 6) is -1.53. The molecule has 1 aliphatic carbocycles. The second-order valence-corrected chi connectivity index (χ2v) is 12.3. The Kier molecular flexibility index (Phi) is 7.46. The Morgan fingerprint density at radius 1 is 1.19 bits per heavy atom. The molecule has 194 valence electrons. The highest BCUT2D eigenvalue weighted by molar-refractivity contribution is 7.12. The van der Waals surface area contributed by atoms with E-state index in [4.69, 9.17) is 11.6 Å². The number of carbonyl (C=O) groups excluding carboxylic acids is 2. The summed E-state index contributed by atoms with van der Waals surface area (Å²) in [5, 5.41) is 19.2. The van der Waals surface area contributed by atoms with Gasteiger partial charge in [0.15, 0.2) is 5.01 Å². The lowest BCUT2D eigenvalue weighted by molar-refractivity contribution is -0.158. The van der Waals surface area contributed by atoms with Crippen LogP contribution in [-0.4, -0.2) is 63.0 Å². The van der Waals surface area contributed by atoms with Crippen molar-refractivity contribution in [3.05, 3.63) is 39.7 Å². The van der Waals surface area contributed by atoms with Crippen molar-refractivity contribution in [1.82, 2.24) is 20.5 Å². The summed E-state index contributed by atoms with van der Waals surface area (Å²) >= 11 is 7.16. The second kappa shape index (κ2) is 10.1. The number of nitrogens with one attached hydrogen (secondary N) is 2. The molecule has 2 aromatic rings. The van der Waals surface area contributed by atoms with Gasteiger partial charge in [-0.05, 0) is 65.5 Å². The number of carbonyl (C=O) groups is 3. The number of thiazole rings is 1. The van der Waals surface area contributed by atoms with E-state index in [0.717, 1.165) is 12.0 Å². The van der Waals surface area contributed by atoms with Crippen LogP contribution in [0.15, 0.2) is 29.6 Å². The SMILES string of the molecule is CC(C)(C)N[C@@H]1CC[C@H](N2CCC(NC(=O)c3nc(-c4ccc(Cl)cc4)cs3)C2=O)[C@](C)(C(=O)O)C1. The maximum Gasteiger partial charge on any atom is 0.311 e. The quantitative estimate of drug-likeness (QED) is 0.514. The Balaban J connectivity index is 1.42. The number of benzene rings is 1. The molecule has 4 rings (SSSR count). The number of amides is 2. The number of likely N-dealkylation sites (tertiary alicyclic amines) is 1. The zero-order valence-corrected chi connectivity index (χ0v) is 22.6. The Hall–Kier alpha value is -2.49. The molecule has 1 aromatic carbocycles. The summed E-state index contributed by atoms with van der Waals surface area (Å²) < 4.78 is 0. The molecule has 4 atom stereocenters. The number of aliphatic carboxylic acids is 1. The summed E-state index contributed by atoms with van der Waals surface area (Å²) in [6.07, 6.45) is 2.27. The molecule has 8 nitrogen and oxygen atoms in total. The van der Waals surface area contributed by atoms with E-state index in [-0.39, 0.29) is 22.5 Å². The molecule has 0 bridgehead atoms. The molecule has 1 saturated heterocycles. The molecular formula is C26H33ClN4O4S. The van der Waals surface area contributed by atoms with Crippen molar-refractivity contribution in [2.24, 2.45) is 5.41 Å². The van der Waals surface area contributed by atoms with Crippen molar-refractivity contribution in [2.45, 2.75) is 77.0 Å². The molecule has 1 unspecified atom stereocenters. The van der Waals surface area contributed by atoms with Gasteiger partial charge in [-0.2, -0.15) is 0 Å². The maximum absolute atomic E-state index is 13.3. The lowest BCUT2D eigenvalue weighted by Crippen LogP contribution is -2.59. The third-order valence-corrected chi connectivity index (χ3v) is 8.17. The highest BCUT2D eigenvalue weighted by atomic mass is 35.5. The average molecular weight is 533 g/mol. The number of hydrogen-bond donors (Lipinski definition) is 3. The van der Waals surface area contributed by atoms with E-state index in [9.17, 15) is 19.5 Å². The van der Waals surface area contributed by atoms with E-state index < -0.39 is 29.4 Å². The molecule has 2 fully saturated rings. The molecule has 2 aliphatic rings. The molecule has 2 heterocycles. The van der Waals surface area contributed by atoms with Gasteiger partial charge in [0, 0.05) is 40.1 Å². The van der Waals surface area contributed by atoms with Crippen molar-refractivity contribution >= 4 is 40.7 Å². The van der Waals surface area contributed by atoms with Gasteiger partial charge in [0.2, 0.25) is 5.91 Å². The van der Waals surface area contributed by atoms with Crippen LogP contribution in [0.1, 0.15) is 63.2 Å². The first-order valence-electron chi connectivity index (χ1n) is 12.2. The van der Waals surface area contributed by atoms with Crippen LogP contribution in [0.5, 0.6) is 0 Å². The number of halogens is 1. The maximum atomic E-state index is 13.3. The Morgan fingerprint density at radius 2 is 1.89 bits per heavy atom. The van der Waals surface area contributed by atoms with E-state index in [1.54, 1.807) is 29.3 Å².